The van der Waals surface area contributed by atoms with E-state index in [0.717, 1.165) is 49.8 Å². The molecule has 7 nitrogen and oxygen atoms in total. The fraction of sp³-hybridized carbons (Fsp3) is 0.645. The summed E-state index contributed by atoms with van der Waals surface area (Å²) >= 11 is 0. The molecule has 4 atom stereocenters. The summed E-state index contributed by atoms with van der Waals surface area (Å²) in [5.74, 6) is -0.131. The van der Waals surface area contributed by atoms with Gasteiger partial charge in [0.05, 0.1) is 18.8 Å². The van der Waals surface area contributed by atoms with Crippen molar-refractivity contribution in [3.63, 3.8) is 0 Å². The van der Waals surface area contributed by atoms with E-state index in [0.29, 0.717) is 38.2 Å². The van der Waals surface area contributed by atoms with Crippen LogP contribution in [0.2, 0.25) is 0 Å². The quantitative estimate of drug-likeness (QED) is 0.486. The summed E-state index contributed by atoms with van der Waals surface area (Å²) < 4.78 is 39.6. The van der Waals surface area contributed by atoms with E-state index in [9.17, 15) is 13.6 Å². The first-order valence-corrected chi connectivity index (χ1v) is 14.8. The van der Waals surface area contributed by atoms with Crippen molar-refractivity contribution in [2.24, 2.45) is 0 Å². The molecule has 0 radical (unpaired) electrons. The molecule has 1 aromatic heterocycles. The summed E-state index contributed by atoms with van der Waals surface area (Å²) in [7, 11) is 0. The Labute approximate surface area is 236 Å². The summed E-state index contributed by atoms with van der Waals surface area (Å²) in [6, 6.07) is 8.49. The van der Waals surface area contributed by atoms with Gasteiger partial charge >= 0.3 is 0 Å². The van der Waals surface area contributed by atoms with E-state index in [1.807, 2.05) is 6.92 Å². The first-order valence-electron chi connectivity index (χ1n) is 14.8. The molecular formula is C31H42F2N4O3. The summed E-state index contributed by atoms with van der Waals surface area (Å²) in [6.07, 6.45) is 5.77. The maximum absolute atomic E-state index is 14.2. The second-order valence-electron chi connectivity index (χ2n) is 11.5. The highest BCUT2D eigenvalue weighted by Crippen LogP contribution is 2.33. The van der Waals surface area contributed by atoms with Crippen LogP contribution >= 0.6 is 0 Å². The number of nitrogens with zero attached hydrogens (tertiary/aromatic N) is 3. The maximum atomic E-state index is 14.2. The molecule has 9 heteroatoms. The van der Waals surface area contributed by atoms with Crippen LogP contribution in [0.5, 0.6) is 0 Å². The molecule has 3 aliphatic heterocycles. The number of hydrogen-bond acceptors (Lipinski definition) is 6. The van der Waals surface area contributed by atoms with Gasteiger partial charge in [0.25, 0.3) is 5.91 Å². The number of ether oxygens (including phenoxy) is 2. The molecule has 3 saturated heterocycles. The third kappa shape index (κ3) is 7.04. The maximum Gasteiger partial charge on any atom is 0.272 e. The van der Waals surface area contributed by atoms with E-state index in [-0.39, 0.29) is 42.6 Å². The predicted octanol–water partition coefficient (Wildman–Crippen LogP) is 5.13. The molecular weight excluding hydrogens is 514 g/mol. The second kappa shape index (κ2) is 13.4. The zero-order chi connectivity index (χ0) is 28.1. The van der Waals surface area contributed by atoms with Crippen LogP contribution in [-0.2, 0) is 22.6 Å². The van der Waals surface area contributed by atoms with Crippen molar-refractivity contribution in [3.8, 4) is 0 Å². The lowest BCUT2D eigenvalue weighted by Crippen LogP contribution is -2.52. The minimum Gasteiger partial charge on any atom is -0.378 e. The van der Waals surface area contributed by atoms with Crippen LogP contribution in [0.4, 0.5) is 8.78 Å². The molecule has 3 aliphatic rings. The summed E-state index contributed by atoms with van der Waals surface area (Å²) in [6.45, 7) is 4.95. The smallest absolute Gasteiger partial charge is 0.272 e. The molecule has 1 aromatic carbocycles. The monoisotopic (exact) mass is 556 g/mol. The molecule has 0 saturated carbocycles. The number of amides is 1. The van der Waals surface area contributed by atoms with Crippen molar-refractivity contribution in [1.82, 2.24) is 20.2 Å². The number of alkyl halides is 2. The number of carbonyl (C=O) groups is 1. The van der Waals surface area contributed by atoms with Gasteiger partial charge in [-0.1, -0.05) is 29.8 Å². The van der Waals surface area contributed by atoms with Gasteiger partial charge in [-0.3, -0.25) is 4.79 Å². The van der Waals surface area contributed by atoms with Crippen molar-refractivity contribution < 1.29 is 23.0 Å². The van der Waals surface area contributed by atoms with E-state index in [4.69, 9.17) is 9.47 Å². The molecule has 2 aromatic rings. The summed E-state index contributed by atoms with van der Waals surface area (Å²) in [5.41, 5.74) is 4.17. The molecule has 0 spiro atoms. The lowest BCUT2D eigenvalue weighted by molar-refractivity contribution is -0.0547. The molecule has 3 fully saturated rings. The van der Waals surface area contributed by atoms with Crippen molar-refractivity contribution in [2.45, 2.75) is 102 Å². The molecule has 4 heterocycles. The molecule has 40 heavy (non-hydrogen) atoms. The number of rotatable bonds is 8. The van der Waals surface area contributed by atoms with Gasteiger partial charge in [-0.15, -0.1) is 0 Å². The fourth-order valence-corrected chi connectivity index (χ4v) is 6.15. The van der Waals surface area contributed by atoms with E-state index in [1.165, 1.54) is 11.1 Å². The third-order valence-corrected chi connectivity index (χ3v) is 8.64. The number of nitrogens with one attached hydrogen (secondary N) is 1. The first-order chi connectivity index (χ1) is 19.4. The molecule has 0 bridgehead atoms. The normalized spacial score (nSPS) is 26.1. The highest BCUT2D eigenvalue weighted by atomic mass is 19.1. The summed E-state index contributed by atoms with van der Waals surface area (Å²) in [5, 5.41) is 3.43. The third-order valence-electron chi connectivity index (χ3n) is 8.64. The zero-order valence-corrected chi connectivity index (χ0v) is 23.7. The molecule has 2 unspecified atom stereocenters. The molecule has 0 aliphatic carbocycles. The molecule has 218 valence electrons. The Bertz CT molecular complexity index is 1140. The highest BCUT2D eigenvalue weighted by Gasteiger charge is 2.31. The predicted molar refractivity (Wildman–Crippen MR) is 149 cm³/mol. The van der Waals surface area contributed by atoms with Gasteiger partial charge in [-0.05, 0) is 70.8 Å². The number of halogens is 2. The van der Waals surface area contributed by atoms with Gasteiger partial charge in [-0.25, -0.2) is 18.7 Å². The van der Waals surface area contributed by atoms with Crippen LogP contribution in [0.3, 0.4) is 0 Å². The van der Waals surface area contributed by atoms with Crippen LogP contribution in [0.1, 0.15) is 89.7 Å². The van der Waals surface area contributed by atoms with Gasteiger partial charge in [0, 0.05) is 43.0 Å². The summed E-state index contributed by atoms with van der Waals surface area (Å²) in [4.78, 5) is 24.1. The van der Waals surface area contributed by atoms with Crippen molar-refractivity contribution in [2.75, 3.05) is 26.3 Å². The lowest BCUT2D eigenvalue weighted by Gasteiger charge is -2.36. The molecule has 1 amide bonds. The van der Waals surface area contributed by atoms with Crippen molar-refractivity contribution >= 4 is 5.91 Å². The SMILES string of the molecule is Cc1ccc([C@@H]2CCC[C@H](CCc3nc(CF)nc(C(=O)N4CCC(NC5CCOCC5F)CC4)c3C)O2)cc1. The van der Waals surface area contributed by atoms with E-state index in [2.05, 4.69) is 46.5 Å². The Morgan fingerprint density at radius 1 is 1.07 bits per heavy atom. The Morgan fingerprint density at radius 3 is 2.58 bits per heavy atom. The Kier molecular flexibility index (Phi) is 9.76. The lowest BCUT2D eigenvalue weighted by atomic mass is 9.95. The average molecular weight is 557 g/mol. The fourth-order valence-electron chi connectivity index (χ4n) is 6.15. The van der Waals surface area contributed by atoms with Crippen LogP contribution in [0.25, 0.3) is 0 Å². The number of aryl methyl sites for hydroxylation is 2. The largest absolute Gasteiger partial charge is 0.378 e. The van der Waals surface area contributed by atoms with Gasteiger partial charge in [0.2, 0.25) is 0 Å². The molecule has 5 rings (SSSR count). The topological polar surface area (TPSA) is 76.6 Å². The van der Waals surface area contributed by atoms with Gasteiger partial charge in [0.1, 0.15) is 18.5 Å². The van der Waals surface area contributed by atoms with Gasteiger partial charge < -0.3 is 19.7 Å². The number of hydrogen-bond donors (Lipinski definition) is 1. The zero-order valence-electron chi connectivity index (χ0n) is 23.7. The Morgan fingerprint density at radius 2 is 1.85 bits per heavy atom. The highest BCUT2D eigenvalue weighted by molar-refractivity contribution is 5.94. The van der Waals surface area contributed by atoms with E-state index >= 15 is 0 Å². The number of carbonyl (C=O) groups excluding carboxylic acids is 1. The average Bonchev–Trinajstić information content (AvgIpc) is 2.98. The minimum atomic E-state index is -0.998. The standard InChI is InChI=1S/C31H42F2N4O3/c1-20-6-8-22(9-7-20)28-5-3-4-24(40-28)10-11-26-21(2)30(36-29(18-32)35-26)31(38)37-15-12-23(13-16-37)34-27-14-17-39-19-25(27)33/h6-9,23-25,27-28,34H,3-5,10-19H2,1-2H3/t24-,25?,27?,28+/m1/s1. The van der Waals surface area contributed by atoms with Gasteiger partial charge in [0.15, 0.2) is 5.82 Å². The van der Waals surface area contributed by atoms with Crippen LogP contribution in [0, 0.1) is 13.8 Å². The molecule has 1 N–H and O–H groups in total. The van der Waals surface area contributed by atoms with Crippen LogP contribution in [0.15, 0.2) is 24.3 Å². The number of benzene rings is 1. The van der Waals surface area contributed by atoms with Crippen molar-refractivity contribution in [3.05, 3.63) is 58.2 Å². The number of likely N-dealkylation sites (tertiary alicyclic amines) is 1. The Hall–Kier alpha value is -2.49. The van der Waals surface area contributed by atoms with Crippen molar-refractivity contribution in [1.29, 1.82) is 0 Å². The number of piperidine rings is 1. The number of aromatic nitrogens is 2. The van der Waals surface area contributed by atoms with Gasteiger partial charge in [-0.2, -0.15) is 0 Å². The first kappa shape index (κ1) is 29.0. The van der Waals surface area contributed by atoms with E-state index < -0.39 is 12.8 Å². The second-order valence-corrected chi connectivity index (χ2v) is 11.5. The van der Waals surface area contributed by atoms with Crippen LogP contribution < -0.4 is 5.32 Å². The Balaban J connectivity index is 1.19. The van der Waals surface area contributed by atoms with Crippen LogP contribution in [-0.4, -0.2) is 71.4 Å². The van der Waals surface area contributed by atoms with E-state index in [1.54, 1.807) is 4.90 Å². The minimum absolute atomic E-state index is 0.0519.